The van der Waals surface area contributed by atoms with Gasteiger partial charge in [0.15, 0.2) is 16.7 Å². The topological polar surface area (TPSA) is 56.4 Å². The van der Waals surface area contributed by atoms with E-state index in [9.17, 15) is 13.6 Å². The SMILES string of the molecule is CC1=C(C(=O)Nc2ccc(F)c(F)c2)C(c2ccc(N(C)C)cc2)NC(=S)N1. The van der Waals surface area contributed by atoms with Crippen molar-refractivity contribution in [1.29, 1.82) is 0 Å². The number of nitrogens with one attached hydrogen (secondary N) is 3. The third-order valence-corrected chi connectivity index (χ3v) is 4.65. The number of carbonyl (C=O) groups is 1. The van der Waals surface area contributed by atoms with Crippen molar-refractivity contribution in [2.75, 3.05) is 24.3 Å². The van der Waals surface area contributed by atoms with E-state index < -0.39 is 23.6 Å². The molecule has 1 heterocycles. The quantitative estimate of drug-likeness (QED) is 0.684. The Balaban J connectivity index is 1.92. The van der Waals surface area contributed by atoms with Gasteiger partial charge < -0.3 is 20.9 Å². The maximum Gasteiger partial charge on any atom is 0.255 e. The molecule has 0 aliphatic carbocycles. The lowest BCUT2D eigenvalue weighted by Crippen LogP contribution is -2.45. The molecule has 1 unspecified atom stereocenters. The highest BCUT2D eigenvalue weighted by atomic mass is 32.1. The van der Waals surface area contributed by atoms with Crippen LogP contribution >= 0.6 is 12.2 Å². The van der Waals surface area contributed by atoms with Crippen molar-refractivity contribution in [2.45, 2.75) is 13.0 Å². The minimum absolute atomic E-state index is 0.166. The first-order valence-corrected chi connectivity index (χ1v) is 8.99. The Morgan fingerprint density at radius 2 is 1.79 bits per heavy atom. The number of benzene rings is 2. The summed E-state index contributed by atoms with van der Waals surface area (Å²) in [5.41, 5.74) is 3.04. The number of nitrogens with zero attached hydrogens (tertiary/aromatic N) is 1. The molecule has 2 aromatic rings. The van der Waals surface area contributed by atoms with Crippen LogP contribution in [0.4, 0.5) is 20.2 Å². The van der Waals surface area contributed by atoms with E-state index in [2.05, 4.69) is 16.0 Å². The number of hydrogen-bond acceptors (Lipinski definition) is 3. The number of allylic oxidation sites excluding steroid dienone is 1. The highest BCUT2D eigenvalue weighted by molar-refractivity contribution is 7.80. The van der Waals surface area contributed by atoms with E-state index in [-0.39, 0.29) is 5.69 Å². The molecule has 0 fully saturated rings. The van der Waals surface area contributed by atoms with Crippen LogP contribution in [0, 0.1) is 11.6 Å². The van der Waals surface area contributed by atoms with Gasteiger partial charge in [0.1, 0.15) is 0 Å². The van der Waals surface area contributed by atoms with Gasteiger partial charge in [-0.3, -0.25) is 4.79 Å². The van der Waals surface area contributed by atoms with Crippen LogP contribution in [0.25, 0.3) is 0 Å². The minimum Gasteiger partial charge on any atom is -0.378 e. The second-order valence-corrected chi connectivity index (χ2v) is 7.05. The lowest BCUT2D eigenvalue weighted by Gasteiger charge is -2.30. The number of anilines is 2. The Bertz CT molecular complexity index is 957. The number of hydrogen-bond donors (Lipinski definition) is 3. The van der Waals surface area contributed by atoms with E-state index in [0.717, 1.165) is 23.4 Å². The number of halogens is 2. The Morgan fingerprint density at radius 3 is 2.39 bits per heavy atom. The van der Waals surface area contributed by atoms with Crippen LogP contribution < -0.4 is 20.9 Å². The maximum absolute atomic E-state index is 13.5. The van der Waals surface area contributed by atoms with Gasteiger partial charge in [0.05, 0.1) is 11.6 Å². The minimum atomic E-state index is -1.03. The summed E-state index contributed by atoms with van der Waals surface area (Å²) in [6.07, 6.45) is 0. The zero-order chi connectivity index (χ0) is 20.4. The summed E-state index contributed by atoms with van der Waals surface area (Å²) in [7, 11) is 3.88. The molecule has 3 rings (SSSR count). The Kier molecular flexibility index (Phi) is 5.60. The van der Waals surface area contributed by atoms with Gasteiger partial charge in [-0.25, -0.2) is 8.78 Å². The van der Waals surface area contributed by atoms with E-state index in [4.69, 9.17) is 12.2 Å². The fraction of sp³-hybridized carbons (Fsp3) is 0.200. The summed E-state index contributed by atoms with van der Waals surface area (Å²) >= 11 is 5.24. The fourth-order valence-corrected chi connectivity index (χ4v) is 3.25. The molecule has 3 N–H and O–H groups in total. The first-order valence-electron chi connectivity index (χ1n) is 8.58. The fourth-order valence-electron chi connectivity index (χ4n) is 2.98. The number of thiocarbonyl (C=S) groups is 1. The summed E-state index contributed by atoms with van der Waals surface area (Å²) in [6, 6.07) is 10.5. The second kappa shape index (κ2) is 7.93. The molecule has 0 spiro atoms. The lowest BCUT2D eigenvalue weighted by atomic mass is 9.94. The van der Waals surface area contributed by atoms with Crippen LogP contribution in [-0.4, -0.2) is 25.1 Å². The molecule has 0 saturated carbocycles. The van der Waals surface area contributed by atoms with Crippen molar-refractivity contribution in [3.63, 3.8) is 0 Å². The predicted octanol–water partition coefficient (Wildman–Crippen LogP) is 3.46. The molecule has 146 valence electrons. The van der Waals surface area contributed by atoms with Gasteiger partial charge in [-0.2, -0.15) is 0 Å². The number of amides is 1. The van der Waals surface area contributed by atoms with Crippen molar-refractivity contribution in [1.82, 2.24) is 10.6 Å². The molecule has 1 aliphatic heterocycles. The van der Waals surface area contributed by atoms with E-state index in [1.807, 2.05) is 43.3 Å². The van der Waals surface area contributed by atoms with Crippen molar-refractivity contribution in [3.05, 3.63) is 70.9 Å². The molecule has 0 bridgehead atoms. The number of rotatable bonds is 4. The van der Waals surface area contributed by atoms with Gasteiger partial charge in [0.25, 0.3) is 5.91 Å². The van der Waals surface area contributed by atoms with Gasteiger partial charge in [0.2, 0.25) is 0 Å². The summed E-state index contributed by atoms with van der Waals surface area (Å²) in [5, 5.41) is 9.07. The molecule has 0 saturated heterocycles. The highest BCUT2D eigenvalue weighted by Gasteiger charge is 2.30. The molecule has 1 amide bonds. The van der Waals surface area contributed by atoms with Crippen LogP contribution in [0.5, 0.6) is 0 Å². The van der Waals surface area contributed by atoms with E-state index in [1.165, 1.54) is 6.07 Å². The molecular weight excluding hydrogens is 382 g/mol. The lowest BCUT2D eigenvalue weighted by molar-refractivity contribution is -0.113. The van der Waals surface area contributed by atoms with Crippen molar-refractivity contribution in [2.24, 2.45) is 0 Å². The van der Waals surface area contributed by atoms with Crippen LogP contribution in [0.3, 0.4) is 0 Å². The highest BCUT2D eigenvalue weighted by Crippen LogP contribution is 2.29. The average molecular weight is 402 g/mol. The largest absolute Gasteiger partial charge is 0.378 e. The molecule has 5 nitrogen and oxygen atoms in total. The number of carbonyl (C=O) groups excluding carboxylic acids is 1. The van der Waals surface area contributed by atoms with Crippen LogP contribution in [0.1, 0.15) is 18.5 Å². The second-order valence-electron chi connectivity index (χ2n) is 6.64. The van der Waals surface area contributed by atoms with E-state index in [0.29, 0.717) is 16.4 Å². The van der Waals surface area contributed by atoms with Crippen LogP contribution in [0.15, 0.2) is 53.7 Å². The Morgan fingerprint density at radius 1 is 1.11 bits per heavy atom. The van der Waals surface area contributed by atoms with Crippen molar-refractivity contribution in [3.8, 4) is 0 Å². The normalized spacial score (nSPS) is 16.3. The molecule has 0 aromatic heterocycles. The maximum atomic E-state index is 13.5. The Labute approximate surface area is 167 Å². The zero-order valence-electron chi connectivity index (χ0n) is 15.6. The van der Waals surface area contributed by atoms with Crippen LogP contribution in [0.2, 0.25) is 0 Å². The summed E-state index contributed by atoms with van der Waals surface area (Å²) < 4.78 is 26.6. The predicted molar refractivity (Wildman–Crippen MR) is 110 cm³/mol. The first kappa shape index (κ1) is 19.8. The molecule has 2 aromatic carbocycles. The van der Waals surface area contributed by atoms with Gasteiger partial charge in [-0.1, -0.05) is 12.1 Å². The molecule has 1 atom stereocenters. The standard InChI is InChI=1S/C20H20F2N4OS/c1-11-17(19(27)24-13-6-9-15(21)16(22)10-13)18(25-20(28)23-11)12-4-7-14(8-5-12)26(2)3/h4-10,18H,1-3H3,(H,24,27)(H2,23,25,28). The summed E-state index contributed by atoms with van der Waals surface area (Å²) in [5.74, 6) is -2.44. The first-order chi connectivity index (χ1) is 13.3. The molecular formula is C20H20F2N4OS. The third-order valence-electron chi connectivity index (χ3n) is 4.43. The van der Waals surface area contributed by atoms with Gasteiger partial charge in [-0.15, -0.1) is 0 Å². The van der Waals surface area contributed by atoms with Crippen molar-refractivity contribution >= 4 is 34.6 Å². The summed E-state index contributed by atoms with van der Waals surface area (Å²) in [6.45, 7) is 1.74. The monoisotopic (exact) mass is 402 g/mol. The van der Waals surface area contributed by atoms with Crippen LogP contribution in [-0.2, 0) is 4.79 Å². The van der Waals surface area contributed by atoms with E-state index in [1.54, 1.807) is 6.92 Å². The van der Waals surface area contributed by atoms with E-state index >= 15 is 0 Å². The smallest absolute Gasteiger partial charge is 0.255 e. The molecule has 1 aliphatic rings. The Hall–Kier alpha value is -3.00. The average Bonchev–Trinajstić information content (AvgIpc) is 2.64. The van der Waals surface area contributed by atoms with Gasteiger partial charge >= 0.3 is 0 Å². The third kappa shape index (κ3) is 4.12. The van der Waals surface area contributed by atoms with Gasteiger partial charge in [0, 0.05) is 37.2 Å². The van der Waals surface area contributed by atoms with Gasteiger partial charge in [-0.05, 0) is 49.0 Å². The molecule has 28 heavy (non-hydrogen) atoms. The zero-order valence-corrected chi connectivity index (χ0v) is 16.5. The molecule has 8 heteroatoms. The summed E-state index contributed by atoms with van der Waals surface area (Å²) in [4.78, 5) is 14.9. The van der Waals surface area contributed by atoms with Crippen molar-refractivity contribution < 1.29 is 13.6 Å². The molecule has 0 radical (unpaired) electrons.